The molecule has 0 aliphatic carbocycles. The molecule has 0 saturated carbocycles. The van der Waals surface area contributed by atoms with Crippen LogP contribution in [0.15, 0.2) is 72.8 Å². The van der Waals surface area contributed by atoms with Crippen LogP contribution in [0.25, 0.3) is 0 Å². The lowest BCUT2D eigenvalue weighted by molar-refractivity contribution is 0.380. The van der Waals surface area contributed by atoms with E-state index in [1.807, 2.05) is 24.3 Å². The van der Waals surface area contributed by atoms with Gasteiger partial charge in [-0.2, -0.15) is 0 Å². The van der Waals surface area contributed by atoms with Gasteiger partial charge in [0.25, 0.3) is 0 Å². The summed E-state index contributed by atoms with van der Waals surface area (Å²) in [6.45, 7) is 0. The fourth-order valence-corrected chi connectivity index (χ4v) is 5.28. The zero-order valence-corrected chi connectivity index (χ0v) is 15.5. The van der Waals surface area contributed by atoms with Gasteiger partial charge in [0.1, 0.15) is 17.2 Å². The summed E-state index contributed by atoms with van der Waals surface area (Å²) in [6.07, 6.45) is 0. The highest BCUT2D eigenvalue weighted by atomic mass is 31.1. The van der Waals surface area contributed by atoms with E-state index in [1.165, 1.54) is 10.6 Å². The van der Waals surface area contributed by atoms with Crippen molar-refractivity contribution in [3.8, 4) is 17.2 Å². The van der Waals surface area contributed by atoms with Crippen molar-refractivity contribution in [1.82, 2.24) is 0 Å². The fourth-order valence-electron chi connectivity index (χ4n) is 2.77. The Morgan fingerprint density at radius 2 is 1.04 bits per heavy atom. The van der Waals surface area contributed by atoms with Gasteiger partial charge in [-0.3, -0.25) is 0 Å². The van der Waals surface area contributed by atoms with Crippen LogP contribution >= 0.6 is 7.92 Å². The Bertz CT molecular complexity index is 755. The summed E-state index contributed by atoms with van der Waals surface area (Å²) >= 11 is 0. The summed E-state index contributed by atoms with van der Waals surface area (Å²) < 4.78 is 16.8. The normalized spacial score (nSPS) is 10.6. The molecule has 3 aromatic carbocycles. The number of hydrogen-bond donors (Lipinski definition) is 0. The average Bonchev–Trinajstić information content (AvgIpc) is 2.69. The molecule has 3 rings (SSSR count). The minimum Gasteiger partial charge on any atom is -0.496 e. The zero-order valence-electron chi connectivity index (χ0n) is 14.6. The fraction of sp³-hybridized carbons (Fsp3) is 0.143. The third kappa shape index (κ3) is 3.62. The first kappa shape index (κ1) is 17.3. The Morgan fingerprint density at radius 3 is 1.40 bits per heavy atom. The van der Waals surface area contributed by atoms with Crippen molar-refractivity contribution in [3.63, 3.8) is 0 Å². The molecule has 0 spiro atoms. The Kier molecular flexibility index (Phi) is 5.57. The Morgan fingerprint density at radius 1 is 0.600 bits per heavy atom. The van der Waals surface area contributed by atoms with E-state index in [1.54, 1.807) is 21.3 Å². The summed E-state index contributed by atoms with van der Waals surface area (Å²) in [4.78, 5) is 0. The van der Waals surface area contributed by atoms with Gasteiger partial charge < -0.3 is 14.2 Å². The molecule has 0 aliphatic rings. The third-order valence-corrected chi connectivity index (χ3v) is 6.46. The van der Waals surface area contributed by atoms with Crippen molar-refractivity contribution in [2.75, 3.05) is 21.3 Å². The van der Waals surface area contributed by atoms with Crippen LogP contribution in [0.3, 0.4) is 0 Å². The van der Waals surface area contributed by atoms with Crippen molar-refractivity contribution in [2.24, 2.45) is 0 Å². The van der Waals surface area contributed by atoms with Gasteiger partial charge in [-0.05, 0) is 18.5 Å². The first-order valence-electron chi connectivity index (χ1n) is 7.98. The zero-order chi connectivity index (χ0) is 17.6. The van der Waals surface area contributed by atoms with Gasteiger partial charge in [-0.1, -0.05) is 60.7 Å². The maximum atomic E-state index is 5.71. The number of methoxy groups -OCH3 is 3. The van der Waals surface area contributed by atoms with Gasteiger partial charge in [0, 0.05) is 12.1 Å². The van der Waals surface area contributed by atoms with Crippen LogP contribution in [0.1, 0.15) is 0 Å². The Balaban J connectivity index is 2.27. The van der Waals surface area contributed by atoms with Crippen LogP contribution in [0.4, 0.5) is 0 Å². The average molecular weight is 352 g/mol. The maximum absolute atomic E-state index is 5.71. The predicted octanol–water partition coefficient (Wildman–Crippen LogP) is 3.47. The summed E-state index contributed by atoms with van der Waals surface area (Å²) in [7, 11) is 4.19. The van der Waals surface area contributed by atoms with E-state index in [4.69, 9.17) is 14.2 Å². The highest BCUT2D eigenvalue weighted by Crippen LogP contribution is 2.42. The van der Waals surface area contributed by atoms with Gasteiger partial charge in [0.15, 0.2) is 0 Å². The van der Waals surface area contributed by atoms with Crippen molar-refractivity contribution in [2.45, 2.75) is 0 Å². The molecular weight excluding hydrogens is 331 g/mol. The van der Waals surface area contributed by atoms with Crippen LogP contribution in [0.5, 0.6) is 17.2 Å². The van der Waals surface area contributed by atoms with Gasteiger partial charge >= 0.3 is 0 Å². The second kappa shape index (κ2) is 8.04. The number of benzene rings is 3. The van der Waals surface area contributed by atoms with E-state index < -0.39 is 7.92 Å². The molecule has 0 atom stereocenters. The van der Waals surface area contributed by atoms with Gasteiger partial charge in [0.05, 0.1) is 26.6 Å². The topological polar surface area (TPSA) is 27.7 Å². The molecular formula is C21H21O3P. The second-order valence-corrected chi connectivity index (χ2v) is 7.54. The summed E-state index contributed by atoms with van der Waals surface area (Å²) in [5, 5.41) is 3.54. The van der Waals surface area contributed by atoms with E-state index in [2.05, 4.69) is 48.5 Å². The SMILES string of the molecule is COc1cc(OC)c(P(c2ccccc2)c2ccccc2)c(OC)c1. The molecule has 0 unspecified atom stereocenters. The lowest BCUT2D eigenvalue weighted by atomic mass is 10.3. The van der Waals surface area contributed by atoms with Crippen molar-refractivity contribution >= 4 is 23.8 Å². The molecule has 0 heterocycles. The first-order chi connectivity index (χ1) is 12.3. The lowest BCUT2D eigenvalue weighted by Gasteiger charge is -2.24. The number of ether oxygens (including phenoxy) is 3. The van der Waals surface area contributed by atoms with E-state index in [9.17, 15) is 0 Å². The van der Waals surface area contributed by atoms with Gasteiger partial charge in [0.2, 0.25) is 0 Å². The summed E-state index contributed by atoms with van der Waals surface area (Å²) in [5.41, 5.74) is 0. The summed E-state index contributed by atoms with van der Waals surface area (Å²) in [6, 6.07) is 24.8. The summed E-state index contributed by atoms with van der Waals surface area (Å²) in [5.74, 6) is 2.26. The van der Waals surface area contributed by atoms with Crippen LogP contribution in [0, 0.1) is 0 Å². The maximum Gasteiger partial charge on any atom is 0.134 e. The van der Waals surface area contributed by atoms with E-state index in [0.717, 1.165) is 16.8 Å². The van der Waals surface area contributed by atoms with Crippen LogP contribution in [0.2, 0.25) is 0 Å². The van der Waals surface area contributed by atoms with Crippen LogP contribution in [-0.2, 0) is 0 Å². The van der Waals surface area contributed by atoms with Crippen molar-refractivity contribution < 1.29 is 14.2 Å². The predicted molar refractivity (Wildman–Crippen MR) is 105 cm³/mol. The van der Waals surface area contributed by atoms with Crippen LogP contribution < -0.4 is 30.1 Å². The lowest BCUT2D eigenvalue weighted by Crippen LogP contribution is -2.23. The van der Waals surface area contributed by atoms with Crippen LogP contribution in [-0.4, -0.2) is 21.3 Å². The highest BCUT2D eigenvalue weighted by Gasteiger charge is 2.25. The Labute approximate surface area is 149 Å². The van der Waals surface area contributed by atoms with Crippen molar-refractivity contribution in [1.29, 1.82) is 0 Å². The monoisotopic (exact) mass is 352 g/mol. The molecule has 0 radical (unpaired) electrons. The van der Waals surface area contributed by atoms with Gasteiger partial charge in [-0.25, -0.2) is 0 Å². The largest absolute Gasteiger partial charge is 0.496 e. The Hall–Kier alpha value is -2.51. The number of rotatable bonds is 6. The molecule has 0 N–H and O–H groups in total. The molecule has 0 saturated heterocycles. The molecule has 0 amide bonds. The smallest absolute Gasteiger partial charge is 0.134 e. The molecule has 0 fully saturated rings. The first-order valence-corrected chi connectivity index (χ1v) is 9.33. The van der Waals surface area contributed by atoms with E-state index in [0.29, 0.717) is 5.75 Å². The quantitative estimate of drug-likeness (QED) is 0.636. The molecule has 128 valence electrons. The molecule has 3 aromatic rings. The van der Waals surface area contributed by atoms with Crippen molar-refractivity contribution in [3.05, 3.63) is 72.8 Å². The van der Waals surface area contributed by atoms with Gasteiger partial charge in [-0.15, -0.1) is 0 Å². The van der Waals surface area contributed by atoms with E-state index in [-0.39, 0.29) is 0 Å². The molecule has 0 aliphatic heterocycles. The molecule has 4 heteroatoms. The molecule has 3 nitrogen and oxygen atoms in total. The minimum atomic E-state index is -0.822. The third-order valence-electron chi connectivity index (χ3n) is 3.94. The highest BCUT2D eigenvalue weighted by molar-refractivity contribution is 7.80. The standard InChI is InChI=1S/C21H21O3P/c1-22-16-14-19(23-2)21(20(15-16)24-3)25(17-10-6-4-7-11-17)18-12-8-5-9-13-18/h4-15H,1-3H3. The second-order valence-electron chi connectivity index (χ2n) is 5.39. The van der Waals surface area contributed by atoms with E-state index >= 15 is 0 Å². The number of hydrogen-bond acceptors (Lipinski definition) is 3. The molecule has 0 bridgehead atoms. The minimum absolute atomic E-state index is 0.716. The molecule has 25 heavy (non-hydrogen) atoms. The molecule has 0 aromatic heterocycles.